The molecule has 3 heterocycles. The van der Waals surface area contributed by atoms with Crippen LogP contribution in [0.4, 0.5) is 0 Å². The number of aromatic amines is 1. The van der Waals surface area contributed by atoms with Gasteiger partial charge in [0.1, 0.15) is 0 Å². The molecule has 0 aliphatic heterocycles. The molecular formula is C42H72N4. The van der Waals surface area contributed by atoms with E-state index in [4.69, 9.17) is 0 Å². The topological polar surface area (TPSA) is 46.5 Å². The number of H-pyrrole nitrogens is 1. The molecule has 4 aromatic rings. The maximum absolute atomic E-state index is 4.52. The maximum atomic E-state index is 4.52. The van der Waals surface area contributed by atoms with Crippen LogP contribution in [0.25, 0.3) is 10.9 Å². The van der Waals surface area contributed by atoms with Gasteiger partial charge in [-0.3, -0.25) is 4.98 Å². The van der Waals surface area contributed by atoms with E-state index in [1.54, 1.807) is 0 Å². The second kappa shape index (κ2) is 14.9. The molecule has 4 nitrogen and oxygen atoms in total. The molecule has 0 aliphatic carbocycles. The summed E-state index contributed by atoms with van der Waals surface area (Å²) in [4.78, 5) is 12.4. The van der Waals surface area contributed by atoms with Crippen LogP contribution in [0.15, 0.2) is 55.1 Å². The zero-order chi connectivity index (χ0) is 34.1. The van der Waals surface area contributed by atoms with E-state index >= 15 is 0 Å². The summed E-state index contributed by atoms with van der Waals surface area (Å²) in [5.41, 5.74) is 8.57. The molecule has 0 spiro atoms. The minimum absolute atomic E-state index is 0. The predicted molar refractivity (Wildman–Crippen MR) is 207 cm³/mol. The summed E-state index contributed by atoms with van der Waals surface area (Å²) >= 11 is 0. The van der Waals surface area contributed by atoms with Crippen LogP contribution >= 0.6 is 0 Å². The van der Waals surface area contributed by atoms with Crippen molar-refractivity contribution in [1.29, 1.82) is 0 Å². The Morgan fingerprint density at radius 1 is 0.522 bits per heavy atom. The van der Waals surface area contributed by atoms with E-state index < -0.39 is 0 Å². The van der Waals surface area contributed by atoms with Crippen LogP contribution in [0.3, 0.4) is 0 Å². The molecule has 260 valence electrons. The summed E-state index contributed by atoms with van der Waals surface area (Å²) in [5, 5.41) is 1.32. The Morgan fingerprint density at radius 3 is 1.37 bits per heavy atom. The molecule has 0 fully saturated rings. The van der Waals surface area contributed by atoms with Crippen LogP contribution in [0.5, 0.6) is 0 Å². The molecule has 4 heteroatoms. The van der Waals surface area contributed by atoms with Gasteiger partial charge in [-0.2, -0.15) is 0 Å². The van der Waals surface area contributed by atoms with Crippen molar-refractivity contribution in [2.45, 2.75) is 172 Å². The number of hydrogen-bond acceptors (Lipinski definition) is 2. The summed E-state index contributed by atoms with van der Waals surface area (Å²) in [6.45, 7) is 39.8. The molecule has 0 aliphatic rings. The van der Waals surface area contributed by atoms with Gasteiger partial charge in [-0.1, -0.05) is 131 Å². The van der Waals surface area contributed by atoms with E-state index in [0.717, 1.165) is 11.4 Å². The highest BCUT2D eigenvalue weighted by Crippen LogP contribution is 2.30. The first-order valence-electron chi connectivity index (χ1n) is 16.3. The van der Waals surface area contributed by atoms with E-state index in [1.807, 2.05) is 12.5 Å². The highest BCUT2D eigenvalue weighted by molar-refractivity contribution is 5.81. The number of fused-ring (bicyclic) bond motifs is 1. The molecule has 46 heavy (non-hydrogen) atoms. The van der Waals surface area contributed by atoms with Gasteiger partial charge in [0, 0.05) is 51.1 Å². The van der Waals surface area contributed by atoms with Gasteiger partial charge in [0.2, 0.25) is 0 Å². The zero-order valence-electron chi connectivity index (χ0n) is 31.5. The largest absolute Gasteiger partial charge is 0.358 e. The van der Waals surface area contributed by atoms with Crippen molar-refractivity contribution in [1.82, 2.24) is 19.5 Å². The minimum Gasteiger partial charge on any atom is -0.358 e. The molecule has 0 atom stereocenters. The number of nitrogens with one attached hydrogen (secondary N) is 1. The van der Waals surface area contributed by atoms with Gasteiger partial charge in [0.15, 0.2) is 0 Å². The van der Waals surface area contributed by atoms with Crippen LogP contribution < -0.4 is 0 Å². The second-order valence-electron chi connectivity index (χ2n) is 18.5. The van der Waals surface area contributed by atoms with Crippen LogP contribution in [0.2, 0.25) is 0 Å². The lowest BCUT2D eigenvalue weighted by Gasteiger charge is -2.22. The fourth-order valence-electron chi connectivity index (χ4n) is 4.36. The Labute approximate surface area is 285 Å². The molecule has 0 saturated heterocycles. The molecule has 0 radical (unpaired) electrons. The van der Waals surface area contributed by atoms with Gasteiger partial charge >= 0.3 is 0 Å². The highest BCUT2D eigenvalue weighted by atomic mass is 15.1. The first kappa shape index (κ1) is 43.1. The molecule has 0 amide bonds. The fourth-order valence-corrected chi connectivity index (χ4v) is 4.36. The third kappa shape index (κ3) is 12.4. The van der Waals surface area contributed by atoms with Crippen molar-refractivity contribution in [2.75, 3.05) is 0 Å². The molecule has 0 saturated carbocycles. The molecule has 0 bridgehead atoms. The quantitative estimate of drug-likeness (QED) is 0.210. The Balaban J connectivity index is 0.000000653. The number of pyridine rings is 1. The van der Waals surface area contributed by atoms with Crippen molar-refractivity contribution in [3.05, 3.63) is 83.3 Å². The average Bonchev–Trinajstić information content (AvgIpc) is 3.51. The van der Waals surface area contributed by atoms with E-state index in [-0.39, 0.29) is 47.5 Å². The van der Waals surface area contributed by atoms with E-state index in [2.05, 4.69) is 187 Å². The molecule has 1 aromatic carbocycles. The number of rotatable bonds is 0. The average molecular weight is 633 g/mol. The molecule has 3 aromatic heterocycles. The Kier molecular flexibility index (Phi) is 14.0. The molecule has 1 N–H and O–H groups in total. The highest BCUT2D eigenvalue weighted by Gasteiger charge is 2.21. The van der Waals surface area contributed by atoms with Crippen molar-refractivity contribution in [3.8, 4) is 0 Å². The van der Waals surface area contributed by atoms with Crippen molar-refractivity contribution in [3.63, 3.8) is 0 Å². The number of aromatic nitrogens is 4. The maximum Gasteiger partial charge on any atom is 0.0954 e. The van der Waals surface area contributed by atoms with E-state index in [1.165, 1.54) is 27.7 Å². The van der Waals surface area contributed by atoms with Crippen molar-refractivity contribution >= 4 is 10.9 Å². The third-order valence-corrected chi connectivity index (χ3v) is 7.82. The Hall–Kier alpha value is -2.88. The van der Waals surface area contributed by atoms with Crippen LogP contribution in [-0.2, 0) is 32.6 Å². The second-order valence-corrected chi connectivity index (χ2v) is 18.5. The lowest BCUT2D eigenvalue weighted by molar-refractivity contribution is 0.395. The lowest BCUT2D eigenvalue weighted by Crippen LogP contribution is -2.20. The van der Waals surface area contributed by atoms with E-state index in [9.17, 15) is 0 Å². The Bertz CT molecular complexity index is 1400. The third-order valence-electron chi connectivity index (χ3n) is 7.82. The zero-order valence-corrected chi connectivity index (χ0v) is 31.5. The van der Waals surface area contributed by atoms with Crippen molar-refractivity contribution in [2.24, 2.45) is 0 Å². The summed E-state index contributed by atoms with van der Waals surface area (Å²) in [5.74, 6) is 0. The van der Waals surface area contributed by atoms with Crippen LogP contribution in [0, 0.1) is 0 Å². The van der Waals surface area contributed by atoms with Gasteiger partial charge < -0.3 is 9.55 Å². The summed E-state index contributed by atoms with van der Waals surface area (Å²) in [6.07, 6.45) is 6.06. The first-order chi connectivity index (χ1) is 19.6. The smallest absolute Gasteiger partial charge is 0.0954 e. The molecular weight excluding hydrogens is 560 g/mol. The van der Waals surface area contributed by atoms with Crippen LogP contribution in [-0.4, -0.2) is 19.5 Å². The normalized spacial score (nSPS) is 12.7. The van der Waals surface area contributed by atoms with Crippen molar-refractivity contribution < 1.29 is 0 Å². The standard InChI is InChI=1S/C16H23N.C13H21N.C11H20N2.2CH4/c1-15(2,3)12-7-8-13-11(9-12)10-14(17-13)16(4,5)6;1-12(2,3)10-7-8-11(14-9-10)13(4,5)6;1-10(2,3)9-7-13(8-12-9)11(4,5)6;;/h7-10,17H,1-6H3;7-9H,1-6H3;7-8H,1-6H3;2*1H4. The molecule has 0 unspecified atom stereocenters. The van der Waals surface area contributed by atoms with Gasteiger partial charge in [0.25, 0.3) is 0 Å². The number of hydrogen-bond donors (Lipinski definition) is 1. The van der Waals surface area contributed by atoms with Crippen LogP contribution in [0.1, 0.15) is 168 Å². The SMILES string of the molecule is C.C.CC(C)(C)c1ccc(C(C)(C)C)nc1.CC(C)(C)c1ccc2[nH]c(C(C)(C)C)cc2c1.CC(C)(C)c1cn(C(C)(C)C)cn1. The van der Waals surface area contributed by atoms with Gasteiger partial charge in [-0.15, -0.1) is 0 Å². The Morgan fingerprint density at radius 2 is 1.02 bits per heavy atom. The summed E-state index contributed by atoms with van der Waals surface area (Å²) in [7, 11) is 0. The summed E-state index contributed by atoms with van der Waals surface area (Å²) < 4.78 is 2.16. The van der Waals surface area contributed by atoms with Gasteiger partial charge in [-0.05, 0) is 72.4 Å². The first-order valence-corrected chi connectivity index (χ1v) is 16.3. The fraction of sp³-hybridized carbons (Fsp3) is 0.619. The number of benzene rings is 1. The minimum atomic E-state index is 0. The predicted octanol–water partition coefficient (Wildman–Crippen LogP) is 12.6. The lowest BCUT2D eigenvalue weighted by atomic mass is 9.86. The summed E-state index contributed by atoms with van der Waals surface area (Å²) in [6, 6.07) is 13.3. The number of nitrogens with zero attached hydrogens (tertiary/aromatic N) is 3. The molecule has 4 rings (SSSR count). The van der Waals surface area contributed by atoms with Gasteiger partial charge in [-0.25, -0.2) is 4.98 Å². The number of imidazole rings is 1. The van der Waals surface area contributed by atoms with E-state index in [0.29, 0.717) is 0 Å². The van der Waals surface area contributed by atoms with Gasteiger partial charge in [0.05, 0.1) is 12.0 Å². The monoisotopic (exact) mass is 633 g/mol.